The first-order valence-corrected chi connectivity index (χ1v) is 6.56. The van der Waals surface area contributed by atoms with E-state index in [0.717, 1.165) is 31.4 Å². The number of nitrogens with zero attached hydrogens (tertiary/aromatic N) is 1. The second-order valence-corrected chi connectivity index (χ2v) is 5.05. The number of carbonyl (C=O) groups is 1. The summed E-state index contributed by atoms with van der Waals surface area (Å²) in [4.78, 5) is 13.9. The van der Waals surface area contributed by atoms with Crippen molar-refractivity contribution in [2.24, 2.45) is 5.92 Å². The maximum atomic E-state index is 13.2. The number of halogens is 2. The van der Waals surface area contributed by atoms with E-state index in [1.54, 1.807) is 4.90 Å². The van der Waals surface area contributed by atoms with E-state index < -0.39 is 11.6 Å². The van der Waals surface area contributed by atoms with Crippen LogP contribution in [-0.4, -0.2) is 23.9 Å². The predicted molar refractivity (Wildman–Crippen MR) is 69.7 cm³/mol. The van der Waals surface area contributed by atoms with Crippen LogP contribution in [0.25, 0.3) is 0 Å². The molecule has 1 aromatic rings. The van der Waals surface area contributed by atoms with Gasteiger partial charge in [-0.05, 0) is 24.8 Å². The molecule has 3 nitrogen and oxygen atoms in total. The molecule has 0 radical (unpaired) electrons. The summed E-state index contributed by atoms with van der Waals surface area (Å²) in [5.41, 5.74) is 5.64. The summed E-state index contributed by atoms with van der Waals surface area (Å²) in [7, 11) is 0. The standard InChI is InChI=1S/C14H18F2N2O/c1-2-3-9-4-5-18(8-9)14(19)10-6-11(15)12(16)7-13(10)17/h6-7,9H,2-5,8,17H2,1H3. The minimum absolute atomic E-state index is 0.0113. The highest BCUT2D eigenvalue weighted by Crippen LogP contribution is 2.25. The quantitative estimate of drug-likeness (QED) is 0.857. The van der Waals surface area contributed by atoms with Crippen molar-refractivity contribution in [1.82, 2.24) is 4.90 Å². The van der Waals surface area contributed by atoms with Gasteiger partial charge in [0.1, 0.15) is 0 Å². The van der Waals surface area contributed by atoms with Crippen molar-refractivity contribution < 1.29 is 13.6 Å². The highest BCUT2D eigenvalue weighted by Gasteiger charge is 2.27. The summed E-state index contributed by atoms with van der Waals surface area (Å²) < 4.78 is 26.2. The Morgan fingerprint density at radius 3 is 2.79 bits per heavy atom. The first-order chi connectivity index (χ1) is 9.02. The molecule has 1 aliphatic rings. The molecule has 0 aliphatic carbocycles. The van der Waals surface area contributed by atoms with Crippen LogP contribution in [0.1, 0.15) is 36.5 Å². The zero-order valence-corrected chi connectivity index (χ0v) is 11.0. The van der Waals surface area contributed by atoms with Crippen LogP contribution in [0.15, 0.2) is 12.1 Å². The molecular formula is C14H18F2N2O. The lowest BCUT2D eigenvalue weighted by Crippen LogP contribution is -2.29. The van der Waals surface area contributed by atoms with Crippen molar-refractivity contribution in [1.29, 1.82) is 0 Å². The number of benzene rings is 1. The lowest BCUT2D eigenvalue weighted by Gasteiger charge is -2.17. The molecule has 1 unspecified atom stereocenters. The normalized spacial score (nSPS) is 18.9. The molecule has 0 saturated carbocycles. The molecular weight excluding hydrogens is 250 g/mol. The maximum absolute atomic E-state index is 13.2. The highest BCUT2D eigenvalue weighted by atomic mass is 19.2. The summed E-state index contributed by atoms with van der Waals surface area (Å²) >= 11 is 0. The molecule has 2 rings (SSSR count). The van der Waals surface area contributed by atoms with Crippen LogP contribution in [0, 0.1) is 17.6 Å². The predicted octanol–water partition coefficient (Wildman–Crippen LogP) is 2.81. The van der Waals surface area contributed by atoms with E-state index in [9.17, 15) is 13.6 Å². The van der Waals surface area contributed by atoms with E-state index in [-0.39, 0.29) is 17.2 Å². The molecule has 5 heteroatoms. The summed E-state index contributed by atoms with van der Waals surface area (Å²) in [6.07, 6.45) is 3.13. The SMILES string of the molecule is CCCC1CCN(C(=O)c2cc(F)c(F)cc2N)C1. The van der Waals surface area contributed by atoms with Gasteiger partial charge < -0.3 is 10.6 Å². The average Bonchev–Trinajstić information content (AvgIpc) is 2.82. The van der Waals surface area contributed by atoms with E-state index in [0.29, 0.717) is 19.0 Å². The van der Waals surface area contributed by atoms with Gasteiger partial charge in [-0.1, -0.05) is 13.3 Å². The van der Waals surface area contributed by atoms with Crippen LogP contribution in [-0.2, 0) is 0 Å². The van der Waals surface area contributed by atoms with Gasteiger partial charge in [-0.3, -0.25) is 4.79 Å². The second-order valence-electron chi connectivity index (χ2n) is 5.05. The third-order valence-electron chi connectivity index (χ3n) is 3.59. The van der Waals surface area contributed by atoms with E-state index in [4.69, 9.17) is 5.73 Å². The molecule has 0 bridgehead atoms. The van der Waals surface area contributed by atoms with Crippen LogP contribution >= 0.6 is 0 Å². The Morgan fingerprint density at radius 2 is 2.11 bits per heavy atom. The van der Waals surface area contributed by atoms with Gasteiger partial charge in [-0.25, -0.2) is 8.78 Å². The van der Waals surface area contributed by atoms with Crippen molar-refractivity contribution in [3.05, 3.63) is 29.3 Å². The molecule has 1 aromatic carbocycles. The number of nitrogen functional groups attached to an aromatic ring is 1. The zero-order valence-electron chi connectivity index (χ0n) is 11.0. The minimum atomic E-state index is -1.04. The van der Waals surface area contributed by atoms with E-state index in [2.05, 4.69) is 6.92 Å². The lowest BCUT2D eigenvalue weighted by atomic mass is 10.0. The summed E-state index contributed by atoms with van der Waals surface area (Å²) in [5, 5.41) is 0. The number of carbonyl (C=O) groups excluding carboxylic acids is 1. The van der Waals surface area contributed by atoms with Crippen molar-refractivity contribution in [3.63, 3.8) is 0 Å². The summed E-state index contributed by atoms with van der Waals surface area (Å²) in [5.74, 6) is -1.88. The smallest absolute Gasteiger partial charge is 0.256 e. The van der Waals surface area contributed by atoms with Gasteiger partial charge in [-0.15, -0.1) is 0 Å². The number of hydrogen-bond donors (Lipinski definition) is 1. The summed E-state index contributed by atoms with van der Waals surface area (Å²) in [6.45, 7) is 3.44. The minimum Gasteiger partial charge on any atom is -0.398 e. The van der Waals surface area contributed by atoms with Crippen molar-refractivity contribution >= 4 is 11.6 Å². The Labute approximate surface area is 111 Å². The zero-order chi connectivity index (χ0) is 14.0. The van der Waals surface area contributed by atoms with Crippen molar-refractivity contribution in [2.45, 2.75) is 26.2 Å². The molecule has 19 heavy (non-hydrogen) atoms. The van der Waals surface area contributed by atoms with Gasteiger partial charge in [0, 0.05) is 24.8 Å². The largest absolute Gasteiger partial charge is 0.398 e. The number of nitrogens with two attached hydrogens (primary N) is 1. The fourth-order valence-corrected chi connectivity index (χ4v) is 2.58. The van der Waals surface area contributed by atoms with Crippen LogP contribution in [0.2, 0.25) is 0 Å². The van der Waals surface area contributed by atoms with Crippen molar-refractivity contribution in [2.75, 3.05) is 18.8 Å². The Balaban J connectivity index is 2.15. The second kappa shape index (κ2) is 5.55. The fourth-order valence-electron chi connectivity index (χ4n) is 2.58. The number of amides is 1. The van der Waals surface area contributed by atoms with Crippen LogP contribution < -0.4 is 5.73 Å². The Bertz CT molecular complexity index is 491. The Hall–Kier alpha value is -1.65. The van der Waals surface area contributed by atoms with Gasteiger partial charge in [-0.2, -0.15) is 0 Å². The number of likely N-dealkylation sites (tertiary alicyclic amines) is 1. The van der Waals surface area contributed by atoms with Gasteiger partial charge in [0.2, 0.25) is 0 Å². The molecule has 1 atom stereocenters. The molecule has 1 aliphatic heterocycles. The molecule has 104 valence electrons. The molecule has 1 fully saturated rings. The van der Waals surface area contributed by atoms with E-state index >= 15 is 0 Å². The molecule has 0 aromatic heterocycles. The van der Waals surface area contributed by atoms with Crippen LogP contribution in [0.4, 0.5) is 14.5 Å². The van der Waals surface area contributed by atoms with E-state index in [1.807, 2.05) is 0 Å². The molecule has 2 N–H and O–H groups in total. The molecule has 1 saturated heterocycles. The third-order valence-corrected chi connectivity index (χ3v) is 3.59. The fraction of sp³-hybridized carbons (Fsp3) is 0.500. The number of rotatable bonds is 3. The Morgan fingerprint density at radius 1 is 1.42 bits per heavy atom. The monoisotopic (exact) mass is 268 g/mol. The average molecular weight is 268 g/mol. The first-order valence-electron chi connectivity index (χ1n) is 6.56. The molecule has 1 heterocycles. The van der Waals surface area contributed by atoms with Gasteiger partial charge >= 0.3 is 0 Å². The number of anilines is 1. The van der Waals surface area contributed by atoms with Crippen LogP contribution in [0.5, 0.6) is 0 Å². The lowest BCUT2D eigenvalue weighted by molar-refractivity contribution is 0.0787. The highest BCUT2D eigenvalue weighted by molar-refractivity contribution is 5.99. The summed E-state index contributed by atoms with van der Waals surface area (Å²) in [6, 6.07) is 1.75. The first kappa shape index (κ1) is 13.8. The van der Waals surface area contributed by atoms with Crippen LogP contribution in [0.3, 0.4) is 0 Å². The van der Waals surface area contributed by atoms with Gasteiger partial charge in [0.25, 0.3) is 5.91 Å². The maximum Gasteiger partial charge on any atom is 0.256 e. The van der Waals surface area contributed by atoms with Gasteiger partial charge in [0.15, 0.2) is 11.6 Å². The third kappa shape index (κ3) is 2.85. The van der Waals surface area contributed by atoms with Gasteiger partial charge in [0.05, 0.1) is 5.56 Å². The molecule has 0 spiro atoms. The molecule has 1 amide bonds. The van der Waals surface area contributed by atoms with Crippen molar-refractivity contribution in [3.8, 4) is 0 Å². The topological polar surface area (TPSA) is 46.3 Å². The Kier molecular flexibility index (Phi) is 4.02. The van der Waals surface area contributed by atoms with E-state index in [1.165, 1.54) is 0 Å². The number of hydrogen-bond acceptors (Lipinski definition) is 2.